The largest absolute Gasteiger partial charge is 0.239 e. The highest BCUT2D eigenvalue weighted by Crippen LogP contribution is 2.37. The lowest BCUT2D eigenvalue weighted by atomic mass is 9.85. The molecule has 0 fully saturated rings. The maximum atomic E-state index is 14.6. The van der Waals surface area contributed by atoms with Crippen molar-refractivity contribution in [3.63, 3.8) is 0 Å². The van der Waals surface area contributed by atoms with Gasteiger partial charge in [0.25, 0.3) is 0 Å². The van der Waals surface area contributed by atoms with Crippen LogP contribution in [-0.4, -0.2) is 0 Å². The SMILES string of the molecule is CC(C)(C)c1ccc(C(F)C(F)c2ccc(C(C)(C)C)cc2)cc1. The van der Waals surface area contributed by atoms with E-state index < -0.39 is 12.3 Å². The van der Waals surface area contributed by atoms with Crippen LogP contribution in [0.2, 0.25) is 0 Å². The van der Waals surface area contributed by atoms with E-state index in [1.165, 1.54) is 0 Å². The summed E-state index contributed by atoms with van der Waals surface area (Å²) in [7, 11) is 0. The van der Waals surface area contributed by atoms with Crippen molar-refractivity contribution in [3.8, 4) is 0 Å². The highest BCUT2D eigenvalue weighted by Gasteiger charge is 2.25. The molecule has 0 aliphatic carbocycles. The minimum absolute atomic E-state index is 0.00222. The van der Waals surface area contributed by atoms with E-state index in [9.17, 15) is 8.78 Å². The van der Waals surface area contributed by atoms with E-state index >= 15 is 0 Å². The molecule has 0 N–H and O–H groups in total. The maximum Gasteiger partial charge on any atom is 0.160 e. The molecule has 2 aromatic rings. The molecule has 2 rings (SSSR count). The van der Waals surface area contributed by atoms with Gasteiger partial charge in [-0.2, -0.15) is 0 Å². The number of hydrogen-bond acceptors (Lipinski definition) is 0. The van der Waals surface area contributed by atoms with Crippen LogP contribution in [0.15, 0.2) is 48.5 Å². The Hall–Kier alpha value is -1.70. The topological polar surface area (TPSA) is 0 Å². The van der Waals surface area contributed by atoms with Crippen molar-refractivity contribution in [2.45, 2.75) is 64.7 Å². The predicted molar refractivity (Wildman–Crippen MR) is 98.0 cm³/mol. The second-order valence-electron chi connectivity index (χ2n) is 8.55. The van der Waals surface area contributed by atoms with Gasteiger partial charge < -0.3 is 0 Å². The van der Waals surface area contributed by atoms with Gasteiger partial charge in [-0.05, 0) is 33.1 Å². The van der Waals surface area contributed by atoms with Crippen molar-refractivity contribution < 1.29 is 8.78 Å². The molecule has 0 heterocycles. The van der Waals surface area contributed by atoms with Gasteiger partial charge in [0.15, 0.2) is 12.3 Å². The first-order chi connectivity index (χ1) is 11.0. The molecule has 2 atom stereocenters. The van der Waals surface area contributed by atoms with E-state index in [0.29, 0.717) is 11.1 Å². The zero-order valence-corrected chi connectivity index (χ0v) is 15.5. The van der Waals surface area contributed by atoms with Crippen molar-refractivity contribution >= 4 is 0 Å². The Balaban J connectivity index is 2.18. The van der Waals surface area contributed by atoms with Crippen molar-refractivity contribution in [2.75, 3.05) is 0 Å². The standard InChI is InChI=1S/C22H28F2/c1-21(2,3)17-11-7-15(8-12-17)19(23)20(24)16-9-13-18(14-10-16)22(4,5)6/h7-14,19-20H,1-6H3. The lowest BCUT2D eigenvalue weighted by Crippen LogP contribution is -2.12. The van der Waals surface area contributed by atoms with Gasteiger partial charge in [-0.15, -0.1) is 0 Å². The molecule has 2 heteroatoms. The average molecular weight is 330 g/mol. The Morgan fingerprint density at radius 3 is 1.00 bits per heavy atom. The van der Waals surface area contributed by atoms with E-state index in [4.69, 9.17) is 0 Å². The molecule has 2 aromatic carbocycles. The molecule has 0 bridgehead atoms. The van der Waals surface area contributed by atoms with Gasteiger partial charge in [-0.25, -0.2) is 8.78 Å². The molecule has 0 radical (unpaired) electrons. The molecule has 2 unspecified atom stereocenters. The fourth-order valence-electron chi connectivity index (χ4n) is 2.67. The molecular formula is C22H28F2. The lowest BCUT2D eigenvalue weighted by Gasteiger charge is -2.21. The Kier molecular flexibility index (Phi) is 5.17. The molecule has 130 valence electrons. The van der Waals surface area contributed by atoms with Gasteiger partial charge in [0.05, 0.1) is 0 Å². The van der Waals surface area contributed by atoms with Crippen LogP contribution in [0.25, 0.3) is 0 Å². The summed E-state index contributed by atoms with van der Waals surface area (Å²) in [5, 5.41) is 0. The number of halogens is 2. The predicted octanol–water partition coefficient (Wildman–Crippen LogP) is 7.00. The molecule has 0 aliphatic heterocycles. The van der Waals surface area contributed by atoms with Crippen molar-refractivity contribution in [1.82, 2.24) is 0 Å². The summed E-state index contributed by atoms with van der Waals surface area (Å²) in [6.07, 6.45) is -3.31. The monoisotopic (exact) mass is 330 g/mol. The zero-order chi connectivity index (χ0) is 18.1. The molecule has 0 amide bonds. The first kappa shape index (κ1) is 18.6. The summed E-state index contributed by atoms with van der Waals surface area (Å²) < 4.78 is 29.2. The maximum absolute atomic E-state index is 14.6. The fourth-order valence-corrected chi connectivity index (χ4v) is 2.67. The molecule has 0 aromatic heterocycles. The summed E-state index contributed by atoms with van der Waals surface area (Å²) in [6.45, 7) is 12.6. The van der Waals surface area contributed by atoms with E-state index in [1.54, 1.807) is 24.3 Å². The molecule has 0 saturated heterocycles. The van der Waals surface area contributed by atoms with E-state index in [0.717, 1.165) is 11.1 Å². The quantitative estimate of drug-likeness (QED) is 0.568. The zero-order valence-electron chi connectivity index (χ0n) is 15.5. The van der Waals surface area contributed by atoms with Crippen LogP contribution in [0.4, 0.5) is 8.78 Å². The molecular weight excluding hydrogens is 302 g/mol. The van der Waals surface area contributed by atoms with Crippen LogP contribution < -0.4 is 0 Å². The van der Waals surface area contributed by atoms with E-state index in [2.05, 4.69) is 41.5 Å². The first-order valence-corrected chi connectivity index (χ1v) is 8.49. The van der Waals surface area contributed by atoms with Gasteiger partial charge in [0, 0.05) is 0 Å². The minimum Gasteiger partial charge on any atom is -0.239 e. The molecule has 0 saturated carbocycles. The van der Waals surface area contributed by atoms with Gasteiger partial charge in [-0.1, -0.05) is 90.1 Å². The van der Waals surface area contributed by atoms with E-state index in [-0.39, 0.29) is 10.8 Å². The highest BCUT2D eigenvalue weighted by atomic mass is 19.2. The van der Waals surface area contributed by atoms with Crippen LogP contribution in [0, 0.1) is 0 Å². The molecule has 24 heavy (non-hydrogen) atoms. The van der Waals surface area contributed by atoms with Gasteiger partial charge in [-0.3, -0.25) is 0 Å². The second-order valence-corrected chi connectivity index (χ2v) is 8.55. The fraction of sp³-hybridized carbons (Fsp3) is 0.455. The smallest absolute Gasteiger partial charge is 0.160 e. The third-order valence-corrected chi connectivity index (χ3v) is 4.45. The summed E-state index contributed by atoms with van der Waals surface area (Å²) in [6, 6.07) is 14.3. The third kappa shape index (κ3) is 4.23. The molecule has 0 aliphatic rings. The van der Waals surface area contributed by atoms with Crippen LogP contribution in [0.1, 0.15) is 76.1 Å². The summed E-state index contributed by atoms with van der Waals surface area (Å²) >= 11 is 0. The molecule has 0 spiro atoms. The summed E-state index contributed by atoms with van der Waals surface area (Å²) in [4.78, 5) is 0. The Bertz CT molecular complexity index is 594. The third-order valence-electron chi connectivity index (χ3n) is 4.45. The number of alkyl halides is 2. The van der Waals surface area contributed by atoms with Gasteiger partial charge in [0.1, 0.15) is 0 Å². The lowest BCUT2D eigenvalue weighted by molar-refractivity contribution is 0.170. The number of benzene rings is 2. The van der Waals surface area contributed by atoms with Gasteiger partial charge >= 0.3 is 0 Å². The number of hydrogen-bond donors (Lipinski definition) is 0. The highest BCUT2D eigenvalue weighted by molar-refractivity contribution is 5.33. The summed E-state index contributed by atoms with van der Waals surface area (Å²) in [5.41, 5.74) is 3.00. The van der Waals surface area contributed by atoms with Crippen LogP contribution in [0.3, 0.4) is 0 Å². The summed E-state index contributed by atoms with van der Waals surface area (Å²) in [5.74, 6) is 0. The van der Waals surface area contributed by atoms with Crippen LogP contribution in [-0.2, 0) is 10.8 Å². The van der Waals surface area contributed by atoms with Gasteiger partial charge in [0.2, 0.25) is 0 Å². The van der Waals surface area contributed by atoms with Crippen molar-refractivity contribution in [1.29, 1.82) is 0 Å². The Morgan fingerprint density at radius 1 is 0.542 bits per heavy atom. The van der Waals surface area contributed by atoms with Crippen LogP contribution >= 0.6 is 0 Å². The van der Waals surface area contributed by atoms with Crippen molar-refractivity contribution in [3.05, 3.63) is 70.8 Å². The Labute approximate surface area is 144 Å². The Morgan fingerprint density at radius 2 is 0.792 bits per heavy atom. The first-order valence-electron chi connectivity index (χ1n) is 8.49. The normalized spacial score (nSPS) is 15.2. The second kappa shape index (κ2) is 6.66. The van der Waals surface area contributed by atoms with Crippen LogP contribution in [0.5, 0.6) is 0 Å². The average Bonchev–Trinajstić information content (AvgIpc) is 2.52. The van der Waals surface area contributed by atoms with E-state index in [1.807, 2.05) is 24.3 Å². The van der Waals surface area contributed by atoms with Crippen molar-refractivity contribution in [2.24, 2.45) is 0 Å². The minimum atomic E-state index is -1.65. The molecule has 0 nitrogen and oxygen atoms in total. The number of rotatable bonds is 3.